The third kappa shape index (κ3) is 15.0. The lowest BCUT2D eigenvalue weighted by Crippen LogP contribution is -1.79. The predicted molar refractivity (Wildman–Crippen MR) is 75.7 cm³/mol. The first-order chi connectivity index (χ1) is 8.41. The molecule has 1 nitrogen and oxygen atoms in total. The summed E-state index contributed by atoms with van der Waals surface area (Å²) in [6, 6.07) is 2.19. The van der Waals surface area contributed by atoms with Gasteiger partial charge in [-0.15, -0.1) is 0 Å². The summed E-state index contributed by atoms with van der Waals surface area (Å²) in [5, 5.41) is 8.38. The van der Waals surface area contributed by atoms with Gasteiger partial charge in [-0.05, 0) is 32.1 Å². The smallest absolute Gasteiger partial charge is 0.0621 e. The summed E-state index contributed by atoms with van der Waals surface area (Å²) in [7, 11) is 0. The highest BCUT2D eigenvalue weighted by atomic mass is 14.2. The van der Waals surface area contributed by atoms with Crippen LogP contribution in [-0.4, -0.2) is 0 Å². The molecule has 17 heavy (non-hydrogen) atoms. The highest BCUT2D eigenvalue weighted by Crippen LogP contribution is 2.08. The van der Waals surface area contributed by atoms with Crippen LogP contribution >= 0.6 is 0 Å². The zero-order chi connectivity index (χ0) is 12.6. The summed E-state index contributed by atoms with van der Waals surface area (Å²) in [6.07, 6.45) is 20.8. The van der Waals surface area contributed by atoms with E-state index in [4.69, 9.17) is 5.26 Å². The van der Waals surface area contributed by atoms with Crippen LogP contribution in [-0.2, 0) is 0 Å². The van der Waals surface area contributed by atoms with Crippen molar-refractivity contribution in [1.82, 2.24) is 0 Å². The highest BCUT2D eigenvalue weighted by molar-refractivity contribution is 4.92. The second-order valence-corrected chi connectivity index (χ2v) is 4.40. The van der Waals surface area contributed by atoms with E-state index in [1.54, 1.807) is 0 Å². The minimum Gasteiger partial charge on any atom is -0.198 e. The molecule has 0 amide bonds. The molecular formula is C16H27N. The molecule has 0 N–H and O–H groups in total. The summed E-state index contributed by atoms with van der Waals surface area (Å²) in [6.45, 7) is 2.16. The molecule has 0 atom stereocenters. The molecule has 0 spiro atoms. The lowest BCUT2D eigenvalue weighted by Gasteiger charge is -1.98. The second-order valence-electron chi connectivity index (χ2n) is 4.40. The molecule has 96 valence electrons. The Hall–Kier alpha value is -1.03. The van der Waals surface area contributed by atoms with Crippen LogP contribution in [0.25, 0.3) is 0 Å². The largest absolute Gasteiger partial charge is 0.198 e. The van der Waals surface area contributed by atoms with Crippen molar-refractivity contribution in [3.63, 3.8) is 0 Å². The van der Waals surface area contributed by atoms with Gasteiger partial charge in [0.05, 0.1) is 6.07 Å². The third-order valence-electron chi connectivity index (χ3n) is 2.75. The van der Waals surface area contributed by atoms with Crippen molar-refractivity contribution in [1.29, 1.82) is 5.26 Å². The molecule has 0 aliphatic heterocycles. The van der Waals surface area contributed by atoms with E-state index in [0.29, 0.717) is 0 Å². The Bertz CT molecular complexity index is 232. The van der Waals surface area contributed by atoms with Crippen molar-refractivity contribution >= 4 is 0 Å². The van der Waals surface area contributed by atoms with Gasteiger partial charge in [-0.25, -0.2) is 0 Å². The zero-order valence-corrected chi connectivity index (χ0v) is 11.3. The Morgan fingerprint density at radius 1 is 0.824 bits per heavy atom. The SMILES string of the molecule is CC/C=C\C/C=C\CCCCCCCCC#N. The molecule has 0 aromatic heterocycles. The van der Waals surface area contributed by atoms with E-state index in [9.17, 15) is 0 Å². The summed E-state index contributed by atoms with van der Waals surface area (Å²) >= 11 is 0. The summed E-state index contributed by atoms with van der Waals surface area (Å²) in [4.78, 5) is 0. The van der Waals surface area contributed by atoms with Crippen molar-refractivity contribution in [2.75, 3.05) is 0 Å². The van der Waals surface area contributed by atoms with Crippen molar-refractivity contribution in [3.8, 4) is 6.07 Å². The average molecular weight is 233 g/mol. The van der Waals surface area contributed by atoms with E-state index in [-0.39, 0.29) is 0 Å². The second kappa shape index (κ2) is 15.0. The quantitative estimate of drug-likeness (QED) is 0.339. The first kappa shape index (κ1) is 16.0. The highest BCUT2D eigenvalue weighted by Gasteiger charge is 1.90. The molecule has 1 heteroatoms. The third-order valence-corrected chi connectivity index (χ3v) is 2.75. The number of hydrogen-bond donors (Lipinski definition) is 0. The topological polar surface area (TPSA) is 23.8 Å². The molecule has 0 saturated heterocycles. The van der Waals surface area contributed by atoms with Crippen LogP contribution in [0.15, 0.2) is 24.3 Å². The van der Waals surface area contributed by atoms with Gasteiger partial charge in [0.1, 0.15) is 0 Å². The van der Waals surface area contributed by atoms with Gasteiger partial charge in [-0.1, -0.05) is 56.9 Å². The van der Waals surface area contributed by atoms with Crippen molar-refractivity contribution in [3.05, 3.63) is 24.3 Å². The standard InChI is InChI=1S/C16H27N/c1-2-3-4-5-6-7-8-9-10-11-12-13-14-15-16-17/h3-4,6-7H,2,5,8-15H2,1H3/b4-3-,7-6-. The number of hydrogen-bond acceptors (Lipinski definition) is 1. The minimum atomic E-state index is 0.730. The van der Waals surface area contributed by atoms with Crippen LogP contribution in [0.2, 0.25) is 0 Å². The van der Waals surface area contributed by atoms with Crippen LogP contribution in [0.1, 0.15) is 71.1 Å². The fourth-order valence-corrected chi connectivity index (χ4v) is 1.73. The van der Waals surface area contributed by atoms with Gasteiger partial charge in [0.25, 0.3) is 0 Å². The van der Waals surface area contributed by atoms with Crippen LogP contribution < -0.4 is 0 Å². The number of nitriles is 1. The summed E-state index contributed by atoms with van der Waals surface area (Å²) < 4.78 is 0. The Morgan fingerprint density at radius 3 is 2.18 bits per heavy atom. The van der Waals surface area contributed by atoms with Crippen LogP contribution in [0.4, 0.5) is 0 Å². The van der Waals surface area contributed by atoms with Gasteiger partial charge in [-0.2, -0.15) is 5.26 Å². The number of nitrogens with zero attached hydrogens (tertiary/aromatic N) is 1. The number of rotatable bonds is 11. The van der Waals surface area contributed by atoms with Crippen LogP contribution in [0.3, 0.4) is 0 Å². The van der Waals surface area contributed by atoms with Gasteiger partial charge in [-0.3, -0.25) is 0 Å². The van der Waals surface area contributed by atoms with Gasteiger partial charge in [0, 0.05) is 6.42 Å². The summed E-state index contributed by atoms with van der Waals surface area (Å²) in [5.74, 6) is 0. The van der Waals surface area contributed by atoms with Crippen molar-refractivity contribution in [2.24, 2.45) is 0 Å². The lowest BCUT2D eigenvalue weighted by atomic mass is 10.1. The molecule has 0 radical (unpaired) electrons. The maximum atomic E-state index is 8.38. The molecule has 0 aromatic rings. The van der Waals surface area contributed by atoms with Gasteiger partial charge in [0.15, 0.2) is 0 Å². The molecule has 0 heterocycles. The van der Waals surface area contributed by atoms with E-state index in [2.05, 4.69) is 37.3 Å². The van der Waals surface area contributed by atoms with Crippen LogP contribution in [0.5, 0.6) is 0 Å². The zero-order valence-electron chi connectivity index (χ0n) is 11.3. The Kier molecular flexibility index (Phi) is 14.1. The van der Waals surface area contributed by atoms with Gasteiger partial charge in [0.2, 0.25) is 0 Å². The molecule has 0 aromatic carbocycles. The Balaban J connectivity index is 3.08. The number of allylic oxidation sites excluding steroid dienone is 4. The van der Waals surface area contributed by atoms with E-state index >= 15 is 0 Å². The number of unbranched alkanes of at least 4 members (excludes halogenated alkanes) is 7. The first-order valence-corrected chi connectivity index (χ1v) is 7.08. The monoisotopic (exact) mass is 233 g/mol. The Labute approximate surface area is 107 Å². The maximum Gasteiger partial charge on any atom is 0.0621 e. The molecule has 0 saturated carbocycles. The van der Waals surface area contributed by atoms with E-state index in [0.717, 1.165) is 25.7 Å². The molecule has 0 bridgehead atoms. The maximum absolute atomic E-state index is 8.38. The average Bonchev–Trinajstić information content (AvgIpc) is 2.35. The van der Waals surface area contributed by atoms with Gasteiger partial charge < -0.3 is 0 Å². The predicted octanol–water partition coefficient (Wildman–Crippen LogP) is 5.54. The van der Waals surface area contributed by atoms with E-state index < -0.39 is 0 Å². The van der Waals surface area contributed by atoms with Crippen molar-refractivity contribution < 1.29 is 0 Å². The molecule has 0 fully saturated rings. The summed E-state index contributed by atoms with van der Waals surface area (Å²) in [5.41, 5.74) is 0. The van der Waals surface area contributed by atoms with Gasteiger partial charge >= 0.3 is 0 Å². The van der Waals surface area contributed by atoms with Crippen LogP contribution in [0, 0.1) is 11.3 Å². The normalized spacial score (nSPS) is 11.3. The molecule has 0 aliphatic rings. The minimum absolute atomic E-state index is 0.730. The van der Waals surface area contributed by atoms with Crippen molar-refractivity contribution in [2.45, 2.75) is 71.1 Å². The molecule has 0 aliphatic carbocycles. The fourth-order valence-electron chi connectivity index (χ4n) is 1.73. The molecule has 0 unspecified atom stereocenters. The molecule has 0 rings (SSSR count). The van der Waals surface area contributed by atoms with E-state index in [1.165, 1.54) is 38.5 Å². The lowest BCUT2D eigenvalue weighted by molar-refractivity contribution is 0.601. The van der Waals surface area contributed by atoms with E-state index in [1.807, 2.05) is 0 Å². The fraction of sp³-hybridized carbons (Fsp3) is 0.688. The molecular weight excluding hydrogens is 206 g/mol. The first-order valence-electron chi connectivity index (χ1n) is 7.08. The Morgan fingerprint density at radius 2 is 1.47 bits per heavy atom.